The molecular formula is C26H18F3NO4. The lowest BCUT2D eigenvalue weighted by Gasteiger charge is -2.26. The van der Waals surface area contributed by atoms with Gasteiger partial charge in [-0.1, -0.05) is 18.2 Å². The Kier molecular flexibility index (Phi) is 4.79. The highest BCUT2D eigenvalue weighted by molar-refractivity contribution is 6.10. The maximum Gasteiger partial charge on any atom is 0.416 e. The zero-order chi connectivity index (χ0) is 24.4. The molecule has 2 heterocycles. The summed E-state index contributed by atoms with van der Waals surface area (Å²) in [5, 5.41) is 10.0. The van der Waals surface area contributed by atoms with Crippen molar-refractivity contribution in [2.24, 2.45) is 0 Å². The Labute approximate surface area is 191 Å². The zero-order valence-corrected chi connectivity index (χ0v) is 18.1. The second kappa shape index (κ2) is 7.48. The Balaban J connectivity index is 1.80. The third-order valence-corrected chi connectivity index (χ3v) is 6.15. The number of halogens is 3. The highest BCUT2D eigenvalue weighted by Gasteiger charge is 2.44. The van der Waals surface area contributed by atoms with Crippen LogP contribution in [0.5, 0.6) is 5.75 Å². The van der Waals surface area contributed by atoms with Gasteiger partial charge in [-0.25, -0.2) is 0 Å². The van der Waals surface area contributed by atoms with Crippen LogP contribution in [0.4, 0.5) is 18.9 Å². The lowest BCUT2D eigenvalue weighted by Crippen LogP contribution is -2.29. The largest absolute Gasteiger partial charge is 0.508 e. The van der Waals surface area contributed by atoms with Crippen LogP contribution in [-0.4, -0.2) is 11.0 Å². The van der Waals surface area contributed by atoms with Gasteiger partial charge >= 0.3 is 6.18 Å². The lowest BCUT2D eigenvalue weighted by molar-refractivity contribution is -0.137. The van der Waals surface area contributed by atoms with E-state index in [9.17, 15) is 27.9 Å². The molecule has 1 unspecified atom stereocenters. The number of aryl methyl sites for hydroxylation is 2. The van der Waals surface area contributed by atoms with Gasteiger partial charge in [0.25, 0.3) is 5.91 Å². The van der Waals surface area contributed by atoms with E-state index in [1.54, 1.807) is 12.1 Å². The van der Waals surface area contributed by atoms with Crippen molar-refractivity contribution in [3.63, 3.8) is 0 Å². The number of aromatic hydroxyl groups is 1. The Bertz CT molecular complexity index is 1520. The van der Waals surface area contributed by atoms with Crippen LogP contribution in [0, 0.1) is 13.8 Å². The molecule has 34 heavy (non-hydrogen) atoms. The number of hydrogen-bond acceptors (Lipinski definition) is 4. The number of rotatable bonds is 2. The van der Waals surface area contributed by atoms with Gasteiger partial charge in [0.05, 0.1) is 22.6 Å². The number of carbonyl (C=O) groups is 1. The van der Waals surface area contributed by atoms with Crippen molar-refractivity contribution in [2.75, 3.05) is 4.90 Å². The van der Waals surface area contributed by atoms with Gasteiger partial charge in [-0.15, -0.1) is 0 Å². The van der Waals surface area contributed by atoms with E-state index in [2.05, 4.69) is 0 Å². The van der Waals surface area contributed by atoms with Crippen LogP contribution in [0.1, 0.15) is 44.4 Å². The number of phenolic OH excluding ortho intramolecular Hbond substituents is 1. The van der Waals surface area contributed by atoms with Crippen LogP contribution < -0.4 is 10.3 Å². The minimum atomic E-state index is -4.61. The molecule has 0 bridgehead atoms. The van der Waals surface area contributed by atoms with Crippen molar-refractivity contribution in [1.29, 1.82) is 0 Å². The Morgan fingerprint density at radius 2 is 1.62 bits per heavy atom. The van der Waals surface area contributed by atoms with Crippen LogP contribution in [-0.2, 0) is 6.18 Å². The zero-order valence-electron chi connectivity index (χ0n) is 18.1. The highest BCUT2D eigenvalue weighted by atomic mass is 19.4. The molecule has 0 saturated carbocycles. The summed E-state index contributed by atoms with van der Waals surface area (Å²) < 4.78 is 46.1. The van der Waals surface area contributed by atoms with Crippen LogP contribution in [0.3, 0.4) is 0 Å². The fourth-order valence-corrected chi connectivity index (χ4v) is 4.30. The van der Waals surface area contributed by atoms with Gasteiger partial charge in [0, 0.05) is 5.69 Å². The molecule has 0 saturated heterocycles. The maximum atomic E-state index is 13.6. The van der Waals surface area contributed by atoms with E-state index in [0.717, 1.165) is 28.2 Å². The summed E-state index contributed by atoms with van der Waals surface area (Å²) >= 11 is 0. The smallest absolute Gasteiger partial charge is 0.416 e. The SMILES string of the molecule is Cc1cc2oc3c(c(=O)c2cc1C)C(c1ccc(O)cc1)N(c1cccc(C(F)(F)F)c1)C3=O. The number of amides is 1. The number of phenols is 1. The Morgan fingerprint density at radius 3 is 2.29 bits per heavy atom. The average molecular weight is 465 g/mol. The van der Waals surface area contributed by atoms with E-state index >= 15 is 0 Å². The maximum absolute atomic E-state index is 13.6. The molecule has 1 atom stereocenters. The van der Waals surface area contributed by atoms with Crippen LogP contribution in [0.25, 0.3) is 11.0 Å². The molecule has 0 spiro atoms. The summed E-state index contributed by atoms with van der Waals surface area (Å²) in [6.07, 6.45) is -4.61. The molecule has 5 nitrogen and oxygen atoms in total. The average Bonchev–Trinajstić information content (AvgIpc) is 3.08. The first-order chi connectivity index (χ1) is 16.1. The third-order valence-electron chi connectivity index (χ3n) is 6.15. The topological polar surface area (TPSA) is 70.8 Å². The molecule has 1 amide bonds. The number of fused-ring (bicyclic) bond motifs is 2. The minimum absolute atomic E-state index is 0.0277. The van der Waals surface area contributed by atoms with E-state index in [-0.39, 0.29) is 33.7 Å². The molecule has 4 aromatic rings. The molecule has 8 heteroatoms. The quantitative estimate of drug-likeness (QED) is 0.401. The molecule has 172 valence electrons. The van der Waals surface area contributed by atoms with E-state index in [0.29, 0.717) is 5.56 Å². The first-order valence-electron chi connectivity index (χ1n) is 10.4. The first-order valence-corrected chi connectivity index (χ1v) is 10.4. The number of hydrogen-bond donors (Lipinski definition) is 1. The van der Waals surface area contributed by atoms with E-state index in [1.165, 1.54) is 36.4 Å². The molecule has 0 radical (unpaired) electrons. The Hall–Kier alpha value is -4.07. The van der Waals surface area contributed by atoms with Crippen molar-refractivity contribution in [2.45, 2.75) is 26.1 Å². The van der Waals surface area contributed by atoms with Crippen LogP contribution in [0.15, 0.2) is 69.9 Å². The number of benzene rings is 3. The van der Waals surface area contributed by atoms with Gasteiger partial charge in [0.2, 0.25) is 5.76 Å². The molecule has 0 aliphatic carbocycles. The van der Waals surface area contributed by atoms with Crippen molar-refractivity contribution in [1.82, 2.24) is 0 Å². The fourth-order valence-electron chi connectivity index (χ4n) is 4.30. The molecule has 1 N–H and O–H groups in total. The van der Waals surface area contributed by atoms with Crippen LogP contribution >= 0.6 is 0 Å². The summed E-state index contributed by atoms with van der Waals surface area (Å²) in [6.45, 7) is 3.69. The summed E-state index contributed by atoms with van der Waals surface area (Å²) in [5.74, 6) is -0.962. The van der Waals surface area contributed by atoms with Crippen LogP contribution in [0.2, 0.25) is 0 Å². The lowest BCUT2D eigenvalue weighted by atomic mass is 9.97. The summed E-state index contributed by atoms with van der Waals surface area (Å²) in [5.41, 5.74) is 1.07. The molecule has 0 fully saturated rings. The molecule has 1 aliphatic rings. The molecular weight excluding hydrogens is 447 g/mol. The number of carbonyl (C=O) groups excluding carboxylic acids is 1. The summed E-state index contributed by atoms with van der Waals surface area (Å²) in [6, 6.07) is 12.5. The third kappa shape index (κ3) is 3.34. The van der Waals surface area contributed by atoms with Gasteiger partial charge in [0.15, 0.2) is 5.43 Å². The van der Waals surface area contributed by atoms with Gasteiger partial charge in [-0.05, 0) is 73.0 Å². The first kappa shape index (κ1) is 21.8. The van der Waals surface area contributed by atoms with Gasteiger partial charge in [-0.3, -0.25) is 14.5 Å². The molecule has 5 rings (SSSR count). The Morgan fingerprint density at radius 1 is 0.941 bits per heavy atom. The van der Waals surface area contributed by atoms with E-state index < -0.39 is 29.1 Å². The van der Waals surface area contributed by atoms with E-state index in [1.807, 2.05) is 13.8 Å². The second-order valence-corrected chi connectivity index (χ2v) is 8.32. The van der Waals surface area contributed by atoms with Crippen molar-refractivity contribution >= 4 is 22.6 Å². The normalized spacial score (nSPS) is 15.7. The van der Waals surface area contributed by atoms with Gasteiger partial charge in [-0.2, -0.15) is 13.2 Å². The predicted octanol–water partition coefficient (Wildman–Crippen LogP) is 5.88. The van der Waals surface area contributed by atoms with E-state index in [4.69, 9.17) is 4.42 Å². The summed E-state index contributed by atoms with van der Waals surface area (Å²) in [4.78, 5) is 28.3. The minimum Gasteiger partial charge on any atom is -0.508 e. The highest BCUT2D eigenvalue weighted by Crippen LogP contribution is 2.43. The monoisotopic (exact) mass is 465 g/mol. The predicted molar refractivity (Wildman–Crippen MR) is 120 cm³/mol. The van der Waals surface area contributed by atoms with Gasteiger partial charge in [0.1, 0.15) is 11.3 Å². The summed E-state index contributed by atoms with van der Waals surface area (Å²) in [7, 11) is 0. The molecule has 1 aliphatic heterocycles. The number of nitrogens with zero attached hydrogens (tertiary/aromatic N) is 1. The molecule has 3 aromatic carbocycles. The number of alkyl halides is 3. The molecule has 1 aromatic heterocycles. The van der Waals surface area contributed by atoms with Gasteiger partial charge < -0.3 is 9.52 Å². The van der Waals surface area contributed by atoms with Crippen molar-refractivity contribution in [3.8, 4) is 5.75 Å². The second-order valence-electron chi connectivity index (χ2n) is 8.32. The van der Waals surface area contributed by atoms with Crippen molar-refractivity contribution < 1.29 is 27.5 Å². The van der Waals surface area contributed by atoms with Crippen molar-refractivity contribution in [3.05, 3.63) is 104 Å². The number of anilines is 1. The standard InChI is InChI=1S/C26H18F3NO4/c1-13-10-19-20(11-14(13)2)34-24-21(23(19)32)22(15-6-8-18(31)9-7-15)30(25(24)33)17-5-3-4-16(12-17)26(27,28)29/h3-12,22,31H,1-2H3. The fraction of sp³-hybridized carbons (Fsp3) is 0.154.